The average Bonchev–Trinajstić information content (AvgIpc) is 2.50. The number of phenols is 1. The summed E-state index contributed by atoms with van der Waals surface area (Å²) in [6.07, 6.45) is 0. The van der Waals surface area contributed by atoms with E-state index in [1.54, 1.807) is 0 Å². The van der Waals surface area contributed by atoms with Crippen molar-refractivity contribution in [1.29, 1.82) is 0 Å². The minimum absolute atomic E-state index is 0.401. The quantitative estimate of drug-likeness (QED) is 0.792. The third-order valence-corrected chi connectivity index (χ3v) is 6.09. The van der Waals surface area contributed by atoms with E-state index in [4.69, 9.17) is 0 Å². The summed E-state index contributed by atoms with van der Waals surface area (Å²) in [6.45, 7) is 14.2. The molecule has 0 heterocycles. The zero-order chi connectivity index (χ0) is 17.9. The molecule has 0 aliphatic rings. The van der Waals surface area contributed by atoms with E-state index >= 15 is 0 Å². The first kappa shape index (κ1) is 19.0. The lowest BCUT2D eigenvalue weighted by atomic mass is 10.1. The van der Waals surface area contributed by atoms with Gasteiger partial charge in [-0.3, -0.25) is 4.90 Å². The fraction of sp³-hybridized carbons (Fsp3) is 0.429. The molecule has 2 aromatic carbocycles. The molecular weight excluding hydrogens is 313 g/mol. The van der Waals surface area contributed by atoms with Gasteiger partial charge in [-0.2, -0.15) is 0 Å². The highest BCUT2D eigenvalue weighted by molar-refractivity contribution is 7.56. The number of benzene rings is 2. The fourth-order valence-electron chi connectivity index (χ4n) is 3.08. The third kappa shape index (κ3) is 4.59. The molecule has 2 nitrogen and oxygen atoms in total. The first-order chi connectivity index (χ1) is 11.3. The number of aryl methyl sites for hydroxylation is 2. The van der Waals surface area contributed by atoms with Crippen LogP contribution in [-0.4, -0.2) is 22.1 Å². The second-order valence-electron chi connectivity index (χ2n) is 7.11. The van der Waals surface area contributed by atoms with Gasteiger partial charge in [-0.05, 0) is 70.1 Å². The number of nitrogens with zero attached hydrogens (tertiary/aromatic N) is 1. The topological polar surface area (TPSA) is 23.5 Å². The number of hydrogen-bond donors (Lipinski definition) is 1. The van der Waals surface area contributed by atoms with Gasteiger partial charge < -0.3 is 5.11 Å². The highest BCUT2D eigenvalue weighted by Gasteiger charge is 2.17. The zero-order valence-corrected chi connectivity index (χ0v) is 16.7. The molecule has 2 aromatic rings. The van der Waals surface area contributed by atoms with E-state index in [-0.39, 0.29) is 0 Å². The molecule has 130 valence electrons. The molecule has 0 aromatic heterocycles. The van der Waals surface area contributed by atoms with E-state index in [9.17, 15) is 5.11 Å². The molecule has 2 rings (SSSR count). The zero-order valence-electron chi connectivity index (χ0n) is 15.7. The van der Waals surface area contributed by atoms with Gasteiger partial charge in [0.2, 0.25) is 0 Å². The summed E-state index contributed by atoms with van der Waals surface area (Å²) in [5.41, 5.74) is 3.87. The molecular formula is C21H30NOP. The van der Waals surface area contributed by atoms with Gasteiger partial charge in [-0.25, -0.2) is 0 Å². The standard InChI is InChI=1S/C21H30NOP/c1-14(2)22(15(3)4)13-18-9-7-8-17(6)21(18)24-20-12-16(5)10-11-19(20)23/h7-12,14-15,23-24H,13H2,1-6H3. The SMILES string of the molecule is Cc1ccc(O)c(Pc2c(C)cccc2CN(C(C)C)C(C)C)c1. The van der Waals surface area contributed by atoms with Crippen molar-refractivity contribution in [3.8, 4) is 5.75 Å². The van der Waals surface area contributed by atoms with E-state index in [2.05, 4.69) is 70.7 Å². The molecule has 1 unspecified atom stereocenters. The smallest absolute Gasteiger partial charge is 0.123 e. The second kappa shape index (κ2) is 8.14. The van der Waals surface area contributed by atoms with Crippen molar-refractivity contribution >= 4 is 19.2 Å². The van der Waals surface area contributed by atoms with E-state index < -0.39 is 0 Å². The van der Waals surface area contributed by atoms with Gasteiger partial charge in [0, 0.05) is 23.9 Å². The summed E-state index contributed by atoms with van der Waals surface area (Å²) in [5.74, 6) is 0.401. The van der Waals surface area contributed by atoms with Gasteiger partial charge in [-0.15, -0.1) is 0 Å². The molecule has 1 N–H and O–H groups in total. The summed E-state index contributed by atoms with van der Waals surface area (Å²) < 4.78 is 0. The maximum Gasteiger partial charge on any atom is 0.123 e. The van der Waals surface area contributed by atoms with Crippen LogP contribution in [0.15, 0.2) is 36.4 Å². The molecule has 1 atom stereocenters. The lowest BCUT2D eigenvalue weighted by Crippen LogP contribution is -2.37. The van der Waals surface area contributed by atoms with E-state index in [0.29, 0.717) is 26.4 Å². The minimum atomic E-state index is 0.401. The minimum Gasteiger partial charge on any atom is -0.507 e. The predicted molar refractivity (Wildman–Crippen MR) is 107 cm³/mol. The molecule has 0 spiro atoms. The second-order valence-corrected chi connectivity index (χ2v) is 8.40. The molecule has 0 amide bonds. The van der Waals surface area contributed by atoms with Crippen LogP contribution in [0.1, 0.15) is 44.4 Å². The lowest BCUT2D eigenvalue weighted by molar-refractivity contribution is 0.166. The fourth-order valence-corrected chi connectivity index (χ4v) is 4.47. The monoisotopic (exact) mass is 343 g/mol. The van der Waals surface area contributed by atoms with Crippen LogP contribution in [0, 0.1) is 13.8 Å². The largest absolute Gasteiger partial charge is 0.507 e. The van der Waals surface area contributed by atoms with E-state index in [1.807, 2.05) is 12.1 Å². The summed E-state index contributed by atoms with van der Waals surface area (Å²) in [5, 5.41) is 12.6. The Bertz CT molecular complexity index is 686. The number of hydrogen-bond acceptors (Lipinski definition) is 2. The van der Waals surface area contributed by atoms with E-state index in [0.717, 1.165) is 11.8 Å². The van der Waals surface area contributed by atoms with Crippen LogP contribution >= 0.6 is 8.58 Å². The van der Waals surface area contributed by atoms with Gasteiger partial charge >= 0.3 is 0 Å². The molecule has 0 aliphatic carbocycles. The Morgan fingerprint density at radius 1 is 1.00 bits per heavy atom. The van der Waals surface area contributed by atoms with Crippen molar-refractivity contribution in [1.82, 2.24) is 4.90 Å². The first-order valence-corrected chi connectivity index (χ1v) is 9.70. The van der Waals surface area contributed by atoms with E-state index in [1.165, 1.54) is 22.0 Å². The Morgan fingerprint density at radius 2 is 1.67 bits per heavy atom. The molecule has 0 saturated carbocycles. The molecule has 0 fully saturated rings. The van der Waals surface area contributed by atoms with Crippen molar-refractivity contribution in [2.24, 2.45) is 0 Å². The average molecular weight is 343 g/mol. The normalized spacial score (nSPS) is 12.2. The Labute approximate surface area is 148 Å². The Kier molecular flexibility index (Phi) is 6.43. The van der Waals surface area contributed by atoms with Crippen LogP contribution in [0.3, 0.4) is 0 Å². The molecule has 0 aliphatic heterocycles. The molecule has 24 heavy (non-hydrogen) atoms. The summed E-state index contributed by atoms with van der Waals surface area (Å²) in [6, 6.07) is 13.4. The van der Waals surface area contributed by atoms with Crippen LogP contribution in [-0.2, 0) is 6.54 Å². The summed E-state index contributed by atoms with van der Waals surface area (Å²) in [7, 11) is 0.480. The summed E-state index contributed by atoms with van der Waals surface area (Å²) >= 11 is 0. The Hall–Kier alpha value is -1.37. The lowest BCUT2D eigenvalue weighted by Gasteiger charge is -2.31. The van der Waals surface area contributed by atoms with Gasteiger partial charge in [0.25, 0.3) is 0 Å². The van der Waals surface area contributed by atoms with Gasteiger partial charge in [-0.1, -0.05) is 38.4 Å². The van der Waals surface area contributed by atoms with Crippen molar-refractivity contribution in [3.05, 3.63) is 53.1 Å². The molecule has 0 saturated heterocycles. The third-order valence-electron chi connectivity index (χ3n) is 4.45. The van der Waals surface area contributed by atoms with Gasteiger partial charge in [0.1, 0.15) is 5.75 Å². The predicted octanol–water partition coefficient (Wildman–Crippen LogP) is 4.26. The van der Waals surface area contributed by atoms with Crippen molar-refractivity contribution in [2.75, 3.05) is 0 Å². The van der Waals surface area contributed by atoms with Crippen LogP contribution < -0.4 is 10.6 Å². The van der Waals surface area contributed by atoms with Crippen LogP contribution in [0.4, 0.5) is 0 Å². The number of aromatic hydroxyl groups is 1. The van der Waals surface area contributed by atoms with Crippen LogP contribution in [0.5, 0.6) is 5.75 Å². The maximum atomic E-state index is 10.2. The highest BCUT2D eigenvalue weighted by Crippen LogP contribution is 2.24. The van der Waals surface area contributed by atoms with Crippen LogP contribution in [0.25, 0.3) is 0 Å². The van der Waals surface area contributed by atoms with Gasteiger partial charge in [0.15, 0.2) is 0 Å². The molecule has 3 heteroatoms. The highest BCUT2D eigenvalue weighted by atomic mass is 31.1. The maximum absolute atomic E-state index is 10.2. The first-order valence-electron chi connectivity index (χ1n) is 8.70. The van der Waals surface area contributed by atoms with Crippen molar-refractivity contribution in [3.63, 3.8) is 0 Å². The van der Waals surface area contributed by atoms with Crippen molar-refractivity contribution in [2.45, 2.75) is 60.2 Å². The summed E-state index contributed by atoms with van der Waals surface area (Å²) in [4.78, 5) is 2.51. The van der Waals surface area contributed by atoms with Crippen LogP contribution in [0.2, 0.25) is 0 Å². The van der Waals surface area contributed by atoms with Gasteiger partial charge in [0.05, 0.1) is 0 Å². The molecule has 0 bridgehead atoms. The Morgan fingerprint density at radius 3 is 2.29 bits per heavy atom. The number of rotatable bonds is 6. The van der Waals surface area contributed by atoms with Crippen molar-refractivity contribution < 1.29 is 5.11 Å². The Balaban J connectivity index is 2.38. The molecule has 0 radical (unpaired) electrons. The number of phenolic OH excluding ortho intramolecular Hbond substituents is 1.